The lowest BCUT2D eigenvalue weighted by atomic mass is 10.1. The molecule has 2 aromatic carbocycles. The molecule has 1 saturated heterocycles. The van der Waals surface area contributed by atoms with Crippen molar-refractivity contribution in [3.05, 3.63) is 48.5 Å². The van der Waals surface area contributed by atoms with Crippen LogP contribution in [-0.2, 0) is 9.84 Å². The summed E-state index contributed by atoms with van der Waals surface area (Å²) in [4.78, 5) is 6.81. The van der Waals surface area contributed by atoms with E-state index >= 15 is 0 Å². The number of rotatable bonds is 8. The van der Waals surface area contributed by atoms with Crippen molar-refractivity contribution >= 4 is 32.5 Å². The van der Waals surface area contributed by atoms with E-state index in [9.17, 15) is 8.42 Å². The lowest BCUT2D eigenvalue weighted by Gasteiger charge is -2.27. The van der Waals surface area contributed by atoms with E-state index < -0.39 is 9.84 Å². The van der Waals surface area contributed by atoms with Gasteiger partial charge in [-0.1, -0.05) is 30.0 Å². The van der Waals surface area contributed by atoms with Gasteiger partial charge in [-0.3, -0.25) is 4.99 Å². The fourth-order valence-electron chi connectivity index (χ4n) is 3.84. The number of ether oxygens (including phenoxy) is 3. The van der Waals surface area contributed by atoms with E-state index in [1.54, 1.807) is 26.0 Å². The van der Waals surface area contributed by atoms with Gasteiger partial charge in [-0.25, -0.2) is 8.42 Å². The van der Waals surface area contributed by atoms with Crippen LogP contribution in [0.5, 0.6) is 17.2 Å². The van der Waals surface area contributed by atoms with Crippen LogP contribution in [0.15, 0.2) is 53.5 Å². The van der Waals surface area contributed by atoms with Crippen LogP contribution in [0.1, 0.15) is 6.42 Å². The van der Waals surface area contributed by atoms with Crippen molar-refractivity contribution in [2.45, 2.75) is 18.5 Å². The summed E-state index contributed by atoms with van der Waals surface area (Å²) in [6, 6.07) is 14.9. The van der Waals surface area contributed by atoms with Gasteiger partial charge in [0.2, 0.25) is 0 Å². The fraction of sp³-hybridized carbons (Fsp3) is 0.409. The van der Waals surface area contributed by atoms with Crippen molar-refractivity contribution in [3.8, 4) is 17.2 Å². The highest BCUT2D eigenvalue weighted by Crippen LogP contribution is 2.39. The zero-order valence-corrected chi connectivity index (χ0v) is 19.2. The Balaban J connectivity index is 1.46. The smallest absolute Gasteiger partial charge is 0.164 e. The lowest BCUT2D eigenvalue weighted by molar-refractivity contribution is 0.319. The SMILES string of the molecule is COc1ccc(N2C(SCCCOc3ccccc3)=N[C@@H]3CS(=O)(=O)C[C@@H]32)cc1OC. The topological polar surface area (TPSA) is 77.4 Å². The molecule has 2 aliphatic rings. The normalized spacial score (nSPS) is 21.5. The highest BCUT2D eigenvalue weighted by molar-refractivity contribution is 8.14. The van der Waals surface area contributed by atoms with Crippen LogP contribution in [0.4, 0.5) is 5.69 Å². The standard InChI is InChI=1S/C22H26N2O5S2/c1-27-20-10-9-16(13-21(20)28-2)24-19-15-31(25,26)14-18(19)23-22(24)30-12-6-11-29-17-7-4-3-5-8-17/h3-5,7-10,13,18-19H,6,11-12,14-15H2,1-2H3/t18-,19+/m1/s1. The third kappa shape index (κ3) is 4.93. The van der Waals surface area contributed by atoms with E-state index in [1.807, 2.05) is 53.4 Å². The number of amidine groups is 1. The van der Waals surface area contributed by atoms with Crippen molar-refractivity contribution in [1.29, 1.82) is 0 Å². The third-order valence-electron chi connectivity index (χ3n) is 5.28. The first-order valence-electron chi connectivity index (χ1n) is 10.1. The Bertz CT molecular complexity index is 1040. The zero-order valence-electron chi connectivity index (χ0n) is 17.6. The maximum Gasteiger partial charge on any atom is 0.164 e. The Labute approximate surface area is 187 Å². The maximum absolute atomic E-state index is 12.2. The molecule has 166 valence electrons. The molecule has 2 aromatic rings. The molecule has 7 nitrogen and oxygen atoms in total. The van der Waals surface area contributed by atoms with Crippen molar-refractivity contribution in [2.75, 3.05) is 43.0 Å². The highest BCUT2D eigenvalue weighted by Gasteiger charge is 2.47. The first-order valence-corrected chi connectivity index (χ1v) is 12.9. The number of hydrogen-bond donors (Lipinski definition) is 0. The van der Waals surface area contributed by atoms with Gasteiger partial charge < -0.3 is 19.1 Å². The van der Waals surface area contributed by atoms with Gasteiger partial charge in [0, 0.05) is 17.5 Å². The van der Waals surface area contributed by atoms with Crippen LogP contribution in [0, 0.1) is 0 Å². The monoisotopic (exact) mass is 462 g/mol. The van der Waals surface area contributed by atoms with E-state index in [4.69, 9.17) is 19.2 Å². The van der Waals surface area contributed by atoms with Crippen molar-refractivity contribution in [3.63, 3.8) is 0 Å². The highest BCUT2D eigenvalue weighted by atomic mass is 32.2. The summed E-state index contributed by atoms with van der Waals surface area (Å²) >= 11 is 1.63. The van der Waals surface area contributed by atoms with Crippen molar-refractivity contribution < 1.29 is 22.6 Å². The predicted octanol–water partition coefficient (Wildman–Crippen LogP) is 3.25. The summed E-state index contributed by atoms with van der Waals surface area (Å²) in [5.74, 6) is 3.12. The quantitative estimate of drug-likeness (QED) is 0.557. The minimum absolute atomic E-state index is 0.0998. The molecular weight excluding hydrogens is 436 g/mol. The Hall–Kier alpha value is -2.39. The number of benzene rings is 2. The van der Waals surface area contributed by atoms with Crippen LogP contribution >= 0.6 is 11.8 Å². The van der Waals surface area contributed by atoms with Gasteiger partial charge in [0.05, 0.1) is 44.4 Å². The number of methoxy groups -OCH3 is 2. The second-order valence-corrected chi connectivity index (χ2v) is 10.6. The van der Waals surface area contributed by atoms with Gasteiger partial charge in [0.1, 0.15) is 5.75 Å². The molecule has 2 atom stereocenters. The number of nitrogens with zero attached hydrogens (tertiary/aromatic N) is 2. The molecule has 0 radical (unpaired) electrons. The molecule has 0 unspecified atom stereocenters. The first kappa shape index (κ1) is 21.8. The van der Waals surface area contributed by atoms with Gasteiger partial charge in [-0.2, -0.15) is 0 Å². The van der Waals surface area contributed by atoms with Crippen molar-refractivity contribution in [2.24, 2.45) is 4.99 Å². The lowest BCUT2D eigenvalue weighted by Crippen LogP contribution is -2.39. The summed E-state index contributed by atoms with van der Waals surface area (Å²) < 4.78 is 41.0. The second kappa shape index (κ2) is 9.40. The van der Waals surface area contributed by atoms with Gasteiger partial charge in [0.15, 0.2) is 26.5 Å². The summed E-state index contributed by atoms with van der Waals surface area (Å²) in [6.07, 6.45) is 0.853. The molecule has 0 N–H and O–H groups in total. The predicted molar refractivity (Wildman–Crippen MR) is 125 cm³/mol. The number of anilines is 1. The molecule has 0 aliphatic carbocycles. The summed E-state index contributed by atoms with van der Waals surface area (Å²) in [6.45, 7) is 0.613. The van der Waals surface area contributed by atoms with Crippen LogP contribution in [0.25, 0.3) is 0 Å². The maximum atomic E-state index is 12.2. The van der Waals surface area contributed by atoms with Crippen LogP contribution in [-0.4, -0.2) is 63.8 Å². The summed E-state index contributed by atoms with van der Waals surface area (Å²) in [5.41, 5.74) is 0.856. The van der Waals surface area contributed by atoms with Gasteiger partial charge in [0.25, 0.3) is 0 Å². The Morgan fingerprint density at radius 2 is 1.84 bits per heavy atom. The second-order valence-electron chi connectivity index (χ2n) is 7.40. The molecule has 0 saturated carbocycles. The third-order valence-corrected chi connectivity index (χ3v) is 8.04. The molecule has 2 aliphatic heterocycles. The minimum atomic E-state index is -3.09. The van der Waals surface area contributed by atoms with Gasteiger partial charge in [-0.15, -0.1) is 0 Å². The van der Waals surface area contributed by atoms with Gasteiger partial charge >= 0.3 is 0 Å². The molecule has 9 heteroatoms. The fourth-order valence-corrected chi connectivity index (χ4v) is 6.72. The Kier molecular flexibility index (Phi) is 6.62. The van der Waals surface area contributed by atoms with E-state index in [1.165, 1.54) is 0 Å². The molecule has 0 aromatic heterocycles. The molecular formula is C22H26N2O5S2. The molecule has 31 heavy (non-hydrogen) atoms. The molecule has 2 heterocycles. The van der Waals surface area contributed by atoms with Crippen LogP contribution in [0.3, 0.4) is 0 Å². The van der Waals surface area contributed by atoms with E-state index in [-0.39, 0.29) is 23.6 Å². The summed E-state index contributed by atoms with van der Waals surface area (Å²) in [5, 5.41) is 0.844. The van der Waals surface area contributed by atoms with Gasteiger partial charge in [-0.05, 0) is 30.7 Å². The number of aliphatic imine (C=N–C) groups is 1. The van der Waals surface area contributed by atoms with E-state index in [0.717, 1.165) is 28.8 Å². The average Bonchev–Trinajstić information content (AvgIpc) is 3.24. The van der Waals surface area contributed by atoms with E-state index in [2.05, 4.69) is 0 Å². The Morgan fingerprint density at radius 1 is 1.06 bits per heavy atom. The average molecular weight is 463 g/mol. The zero-order chi connectivity index (χ0) is 21.8. The minimum Gasteiger partial charge on any atom is -0.494 e. The summed E-state index contributed by atoms with van der Waals surface area (Å²) in [7, 11) is 0.0866. The molecule has 1 fully saturated rings. The number of sulfone groups is 1. The van der Waals surface area contributed by atoms with Crippen molar-refractivity contribution in [1.82, 2.24) is 0 Å². The number of fused-ring (bicyclic) bond motifs is 1. The molecule has 4 rings (SSSR count). The molecule has 0 amide bonds. The van der Waals surface area contributed by atoms with Crippen LogP contribution in [0.2, 0.25) is 0 Å². The number of thioether (sulfide) groups is 1. The Morgan fingerprint density at radius 3 is 2.58 bits per heavy atom. The molecule has 0 bridgehead atoms. The molecule has 0 spiro atoms. The number of para-hydroxylation sites is 1. The largest absolute Gasteiger partial charge is 0.494 e. The van der Waals surface area contributed by atoms with Crippen LogP contribution < -0.4 is 19.1 Å². The number of hydrogen-bond acceptors (Lipinski definition) is 8. The first-order chi connectivity index (χ1) is 15.0. The van der Waals surface area contributed by atoms with E-state index in [0.29, 0.717) is 18.1 Å².